The van der Waals surface area contributed by atoms with Crippen LogP contribution in [0.25, 0.3) is 0 Å². The quantitative estimate of drug-likeness (QED) is 0.568. The van der Waals surface area contributed by atoms with Crippen LogP contribution in [0.2, 0.25) is 0 Å². The molecule has 2 rings (SSSR count). The number of carbonyl (C=O) groups excluding carboxylic acids is 3. The average Bonchev–Trinajstić information content (AvgIpc) is 2.62. The number of hydrogen-bond acceptors (Lipinski definition) is 4. The van der Waals surface area contributed by atoms with E-state index in [4.69, 9.17) is 4.74 Å². The van der Waals surface area contributed by atoms with Gasteiger partial charge in [0.1, 0.15) is 0 Å². The average molecular weight is 359 g/mol. The molecule has 0 bridgehead atoms. The number of rotatable bonds is 8. The SMILES string of the molecule is Cc1ccc(C(=O)COC(=O)CCCC(=O)NC2CCCCC2)cc1C. The first kappa shape index (κ1) is 20.1. The van der Waals surface area contributed by atoms with Crippen LogP contribution in [0, 0.1) is 13.8 Å². The van der Waals surface area contributed by atoms with E-state index in [1.165, 1.54) is 19.3 Å². The van der Waals surface area contributed by atoms with Gasteiger partial charge in [-0.1, -0.05) is 31.4 Å². The van der Waals surface area contributed by atoms with Gasteiger partial charge in [0.05, 0.1) is 0 Å². The van der Waals surface area contributed by atoms with Crippen molar-refractivity contribution in [2.24, 2.45) is 0 Å². The fourth-order valence-electron chi connectivity index (χ4n) is 3.16. The molecule has 142 valence electrons. The van der Waals surface area contributed by atoms with Crippen molar-refractivity contribution in [3.05, 3.63) is 34.9 Å². The van der Waals surface area contributed by atoms with Crippen LogP contribution in [0.4, 0.5) is 0 Å². The number of ether oxygens (including phenoxy) is 1. The Kier molecular flexibility index (Phi) is 7.82. The normalized spacial score (nSPS) is 14.7. The second-order valence-corrected chi connectivity index (χ2v) is 7.14. The zero-order valence-corrected chi connectivity index (χ0v) is 15.8. The Morgan fingerprint density at radius 1 is 1.04 bits per heavy atom. The second-order valence-electron chi connectivity index (χ2n) is 7.14. The number of aryl methyl sites for hydroxylation is 2. The first-order valence-electron chi connectivity index (χ1n) is 9.51. The van der Waals surface area contributed by atoms with Crippen molar-refractivity contribution < 1.29 is 19.1 Å². The third kappa shape index (κ3) is 6.62. The Labute approximate surface area is 155 Å². The minimum absolute atomic E-state index is 0.00379. The van der Waals surface area contributed by atoms with Crippen molar-refractivity contribution in [1.82, 2.24) is 5.32 Å². The summed E-state index contributed by atoms with van der Waals surface area (Å²) < 4.78 is 5.04. The molecule has 5 heteroatoms. The molecule has 1 N–H and O–H groups in total. The van der Waals surface area contributed by atoms with Crippen molar-refractivity contribution in [2.75, 3.05) is 6.61 Å². The first-order valence-corrected chi connectivity index (χ1v) is 9.51. The Morgan fingerprint density at radius 2 is 1.77 bits per heavy atom. The Bertz CT molecular complexity index is 647. The van der Waals surface area contributed by atoms with E-state index < -0.39 is 5.97 Å². The van der Waals surface area contributed by atoms with Gasteiger partial charge < -0.3 is 10.1 Å². The van der Waals surface area contributed by atoms with Crippen LogP contribution in [0.3, 0.4) is 0 Å². The highest BCUT2D eigenvalue weighted by Gasteiger charge is 2.16. The van der Waals surface area contributed by atoms with Crippen molar-refractivity contribution in [2.45, 2.75) is 71.3 Å². The van der Waals surface area contributed by atoms with Crippen molar-refractivity contribution in [3.63, 3.8) is 0 Å². The van der Waals surface area contributed by atoms with Gasteiger partial charge in [-0.05, 0) is 50.3 Å². The number of esters is 1. The molecule has 0 aromatic heterocycles. The molecule has 0 radical (unpaired) electrons. The monoisotopic (exact) mass is 359 g/mol. The van der Waals surface area contributed by atoms with Gasteiger partial charge in [-0.3, -0.25) is 14.4 Å². The molecular formula is C21H29NO4. The first-order chi connectivity index (χ1) is 12.5. The van der Waals surface area contributed by atoms with E-state index in [2.05, 4.69) is 5.32 Å². The van der Waals surface area contributed by atoms with Crippen LogP contribution in [-0.2, 0) is 14.3 Å². The van der Waals surface area contributed by atoms with Crippen LogP contribution >= 0.6 is 0 Å². The highest BCUT2D eigenvalue weighted by atomic mass is 16.5. The Balaban J connectivity index is 1.63. The minimum Gasteiger partial charge on any atom is -0.457 e. The van der Waals surface area contributed by atoms with Crippen molar-refractivity contribution in [3.8, 4) is 0 Å². The van der Waals surface area contributed by atoms with Gasteiger partial charge in [-0.15, -0.1) is 0 Å². The van der Waals surface area contributed by atoms with E-state index in [1.54, 1.807) is 12.1 Å². The molecule has 0 atom stereocenters. The number of hydrogen-bond donors (Lipinski definition) is 1. The van der Waals surface area contributed by atoms with Crippen LogP contribution < -0.4 is 5.32 Å². The smallest absolute Gasteiger partial charge is 0.306 e. The molecule has 26 heavy (non-hydrogen) atoms. The molecule has 1 aromatic rings. The lowest BCUT2D eigenvalue weighted by Gasteiger charge is -2.22. The molecule has 0 aliphatic heterocycles. The van der Waals surface area contributed by atoms with Gasteiger partial charge in [0, 0.05) is 24.4 Å². The van der Waals surface area contributed by atoms with E-state index in [0.717, 1.165) is 24.0 Å². The van der Waals surface area contributed by atoms with Crippen LogP contribution in [-0.4, -0.2) is 30.3 Å². The number of carbonyl (C=O) groups is 3. The molecule has 0 spiro atoms. The van der Waals surface area contributed by atoms with E-state index in [0.29, 0.717) is 24.4 Å². The zero-order valence-electron chi connectivity index (χ0n) is 15.8. The molecule has 0 saturated heterocycles. The number of ketones is 1. The zero-order chi connectivity index (χ0) is 18.9. The van der Waals surface area contributed by atoms with E-state index >= 15 is 0 Å². The van der Waals surface area contributed by atoms with Gasteiger partial charge in [-0.2, -0.15) is 0 Å². The van der Waals surface area contributed by atoms with Crippen LogP contribution in [0.15, 0.2) is 18.2 Å². The summed E-state index contributed by atoms with van der Waals surface area (Å²) in [6.45, 7) is 3.67. The van der Waals surface area contributed by atoms with Crippen molar-refractivity contribution >= 4 is 17.7 Å². The number of Topliss-reactive ketones (excluding diaryl/α,β-unsaturated/α-hetero) is 1. The molecule has 1 fully saturated rings. The van der Waals surface area contributed by atoms with Crippen LogP contribution in [0.1, 0.15) is 72.9 Å². The highest BCUT2D eigenvalue weighted by molar-refractivity contribution is 5.98. The molecule has 1 amide bonds. The van der Waals surface area contributed by atoms with E-state index in [9.17, 15) is 14.4 Å². The van der Waals surface area contributed by atoms with Gasteiger partial charge >= 0.3 is 5.97 Å². The molecule has 0 heterocycles. The molecule has 5 nitrogen and oxygen atoms in total. The second kappa shape index (κ2) is 10.1. The number of amides is 1. The molecule has 1 aliphatic rings. The highest BCUT2D eigenvalue weighted by Crippen LogP contribution is 2.17. The largest absolute Gasteiger partial charge is 0.457 e. The Morgan fingerprint density at radius 3 is 2.46 bits per heavy atom. The fourth-order valence-corrected chi connectivity index (χ4v) is 3.16. The minimum atomic E-state index is -0.437. The third-order valence-electron chi connectivity index (χ3n) is 4.95. The lowest BCUT2D eigenvalue weighted by molar-refractivity contribution is -0.142. The van der Waals surface area contributed by atoms with E-state index in [-0.39, 0.29) is 24.7 Å². The molecule has 1 aromatic carbocycles. The third-order valence-corrected chi connectivity index (χ3v) is 4.95. The topological polar surface area (TPSA) is 72.5 Å². The Hall–Kier alpha value is -2.17. The lowest BCUT2D eigenvalue weighted by atomic mass is 9.95. The van der Waals surface area contributed by atoms with Gasteiger partial charge in [0.25, 0.3) is 0 Å². The summed E-state index contributed by atoms with van der Waals surface area (Å²) in [6.07, 6.45) is 6.60. The predicted octanol–water partition coefficient (Wildman–Crippen LogP) is 3.65. The van der Waals surface area contributed by atoms with Gasteiger partial charge in [0.15, 0.2) is 12.4 Å². The summed E-state index contributed by atoms with van der Waals surface area (Å²) in [6, 6.07) is 5.73. The van der Waals surface area contributed by atoms with Gasteiger partial charge in [-0.25, -0.2) is 0 Å². The maximum atomic E-state index is 12.1. The number of nitrogens with one attached hydrogen (secondary N) is 1. The maximum Gasteiger partial charge on any atom is 0.306 e. The van der Waals surface area contributed by atoms with E-state index in [1.807, 2.05) is 19.9 Å². The number of benzene rings is 1. The molecule has 1 saturated carbocycles. The maximum absolute atomic E-state index is 12.1. The molecular weight excluding hydrogens is 330 g/mol. The standard InChI is InChI=1S/C21H29NO4/c1-15-11-12-17(13-16(15)2)19(23)14-26-21(25)10-6-9-20(24)22-18-7-4-3-5-8-18/h11-13,18H,3-10,14H2,1-2H3,(H,22,24). The predicted molar refractivity (Wildman–Crippen MR) is 100 cm³/mol. The van der Waals surface area contributed by atoms with Gasteiger partial charge in [0.2, 0.25) is 5.91 Å². The summed E-state index contributed by atoms with van der Waals surface area (Å²) >= 11 is 0. The molecule has 0 unspecified atom stereocenters. The summed E-state index contributed by atoms with van der Waals surface area (Å²) in [4.78, 5) is 35.7. The summed E-state index contributed by atoms with van der Waals surface area (Å²) in [5.41, 5.74) is 2.70. The lowest BCUT2D eigenvalue weighted by Crippen LogP contribution is -2.36. The van der Waals surface area contributed by atoms with Crippen LogP contribution in [0.5, 0.6) is 0 Å². The molecule has 1 aliphatic carbocycles. The summed E-state index contributed by atoms with van der Waals surface area (Å²) in [5, 5.41) is 3.03. The summed E-state index contributed by atoms with van der Waals surface area (Å²) in [7, 11) is 0. The summed E-state index contributed by atoms with van der Waals surface area (Å²) in [5.74, 6) is -0.653. The fraction of sp³-hybridized carbons (Fsp3) is 0.571. The van der Waals surface area contributed by atoms with Crippen molar-refractivity contribution in [1.29, 1.82) is 0 Å².